The Bertz CT molecular complexity index is 1030. The third-order valence-electron chi connectivity index (χ3n) is 4.26. The van der Waals surface area contributed by atoms with E-state index in [-0.39, 0.29) is 5.75 Å². The molecule has 5 nitrogen and oxygen atoms in total. The SMILES string of the molecule is COc1cccc(C=Nc2nc3c(s2)Cc2c(Br)ccc(OC)c2-3)c1O. The molecule has 3 aromatic rings. The van der Waals surface area contributed by atoms with Crippen molar-refractivity contribution in [2.75, 3.05) is 14.2 Å². The van der Waals surface area contributed by atoms with E-state index in [0.29, 0.717) is 16.4 Å². The lowest BCUT2D eigenvalue weighted by atomic mass is 10.1. The third-order valence-corrected chi connectivity index (χ3v) is 5.97. The number of thiazole rings is 1. The van der Waals surface area contributed by atoms with E-state index in [0.717, 1.165) is 32.8 Å². The van der Waals surface area contributed by atoms with Gasteiger partial charge in [-0.15, -0.1) is 0 Å². The summed E-state index contributed by atoms with van der Waals surface area (Å²) in [5.41, 5.74) is 3.73. The fourth-order valence-corrected chi connectivity index (χ4v) is 4.40. The van der Waals surface area contributed by atoms with Crippen molar-refractivity contribution in [2.45, 2.75) is 6.42 Å². The van der Waals surface area contributed by atoms with Gasteiger partial charge < -0.3 is 14.6 Å². The second-order valence-electron chi connectivity index (χ2n) is 5.70. The Balaban J connectivity index is 1.70. The van der Waals surface area contributed by atoms with E-state index in [1.54, 1.807) is 42.9 Å². The number of aromatic nitrogens is 1. The molecule has 0 bridgehead atoms. The molecule has 132 valence electrons. The number of aliphatic imine (C=N–C) groups is 1. The standard InChI is InChI=1S/C19H15BrN2O3S/c1-24-13-7-6-12(20)11-8-15-17(16(11)13)22-19(26-15)21-9-10-4-3-5-14(25-2)18(10)23/h3-7,9,23H,8H2,1-2H3. The van der Waals surface area contributed by atoms with Crippen LogP contribution in [0.1, 0.15) is 16.0 Å². The van der Waals surface area contributed by atoms with Crippen molar-refractivity contribution in [1.82, 2.24) is 4.98 Å². The van der Waals surface area contributed by atoms with E-state index in [1.807, 2.05) is 12.1 Å². The van der Waals surface area contributed by atoms with Gasteiger partial charge in [-0.3, -0.25) is 0 Å². The van der Waals surface area contributed by atoms with Crippen LogP contribution < -0.4 is 9.47 Å². The van der Waals surface area contributed by atoms with E-state index in [2.05, 4.69) is 25.9 Å². The highest BCUT2D eigenvalue weighted by Gasteiger charge is 2.28. The van der Waals surface area contributed by atoms with Crippen molar-refractivity contribution in [3.8, 4) is 28.5 Å². The molecule has 1 aliphatic carbocycles. The van der Waals surface area contributed by atoms with Crippen LogP contribution in [0.15, 0.2) is 39.8 Å². The highest BCUT2D eigenvalue weighted by molar-refractivity contribution is 9.10. The molecule has 0 fully saturated rings. The maximum absolute atomic E-state index is 10.2. The molecule has 0 atom stereocenters. The van der Waals surface area contributed by atoms with E-state index in [4.69, 9.17) is 9.47 Å². The summed E-state index contributed by atoms with van der Waals surface area (Å²) >= 11 is 5.15. The average molecular weight is 431 g/mol. The minimum Gasteiger partial charge on any atom is -0.504 e. The average Bonchev–Trinajstić information content (AvgIpc) is 3.20. The van der Waals surface area contributed by atoms with Crippen molar-refractivity contribution in [3.05, 3.63) is 50.8 Å². The van der Waals surface area contributed by atoms with E-state index >= 15 is 0 Å². The second kappa shape index (κ2) is 6.74. The summed E-state index contributed by atoms with van der Waals surface area (Å²) in [4.78, 5) is 10.3. The summed E-state index contributed by atoms with van der Waals surface area (Å²) < 4.78 is 11.7. The van der Waals surface area contributed by atoms with Gasteiger partial charge in [0.2, 0.25) is 5.13 Å². The Labute approximate surface area is 163 Å². The van der Waals surface area contributed by atoms with Crippen LogP contribution in [0, 0.1) is 0 Å². The molecule has 2 aromatic carbocycles. The monoisotopic (exact) mass is 430 g/mol. The Morgan fingerprint density at radius 1 is 1.19 bits per heavy atom. The lowest BCUT2D eigenvalue weighted by Gasteiger charge is -2.08. The molecule has 0 amide bonds. The number of hydrogen-bond acceptors (Lipinski definition) is 6. The van der Waals surface area contributed by atoms with E-state index < -0.39 is 0 Å². The lowest BCUT2D eigenvalue weighted by Crippen LogP contribution is -1.90. The molecule has 0 spiro atoms. The summed E-state index contributed by atoms with van der Waals surface area (Å²) in [5.74, 6) is 1.30. The van der Waals surface area contributed by atoms with Gasteiger partial charge in [0, 0.05) is 33.1 Å². The second-order valence-corrected chi connectivity index (χ2v) is 7.62. The normalized spacial score (nSPS) is 12.3. The molecule has 0 radical (unpaired) electrons. The van der Waals surface area contributed by atoms with Gasteiger partial charge in [-0.2, -0.15) is 0 Å². The van der Waals surface area contributed by atoms with Crippen LogP contribution in [0.2, 0.25) is 0 Å². The van der Waals surface area contributed by atoms with Crippen molar-refractivity contribution in [2.24, 2.45) is 4.99 Å². The summed E-state index contributed by atoms with van der Waals surface area (Å²) in [6.45, 7) is 0. The molecule has 1 N–H and O–H groups in total. The first kappa shape index (κ1) is 17.1. The zero-order chi connectivity index (χ0) is 18.3. The van der Waals surface area contributed by atoms with Gasteiger partial charge in [0.15, 0.2) is 11.5 Å². The molecule has 0 saturated carbocycles. The van der Waals surface area contributed by atoms with Crippen LogP contribution in [0.25, 0.3) is 11.3 Å². The predicted octanol–water partition coefficient (Wildman–Crippen LogP) is 4.95. The minimum atomic E-state index is 0.0683. The molecule has 1 aliphatic rings. The Morgan fingerprint density at radius 2 is 2.00 bits per heavy atom. The molecule has 7 heteroatoms. The number of ether oxygens (including phenoxy) is 2. The van der Waals surface area contributed by atoms with Gasteiger partial charge in [-0.05, 0) is 29.8 Å². The molecule has 4 rings (SSSR count). The quantitative estimate of drug-likeness (QED) is 0.465. The van der Waals surface area contributed by atoms with Gasteiger partial charge in [0.1, 0.15) is 5.75 Å². The molecule has 1 aromatic heterocycles. The van der Waals surface area contributed by atoms with Crippen molar-refractivity contribution in [1.29, 1.82) is 0 Å². The fraction of sp³-hybridized carbons (Fsp3) is 0.158. The van der Waals surface area contributed by atoms with Crippen molar-refractivity contribution in [3.63, 3.8) is 0 Å². The zero-order valence-electron chi connectivity index (χ0n) is 14.1. The van der Waals surface area contributed by atoms with Crippen LogP contribution >= 0.6 is 27.3 Å². The van der Waals surface area contributed by atoms with Crippen LogP contribution in [0.5, 0.6) is 17.2 Å². The topological polar surface area (TPSA) is 63.9 Å². The number of benzene rings is 2. The number of halogens is 1. The minimum absolute atomic E-state index is 0.0683. The Morgan fingerprint density at radius 3 is 2.77 bits per heavy atom. The van der Waals surface area contributed by atoms with Crippen LogP contribution in [-0.2, 0) is 6.42 Å². The third kappa shape index (κ3) is 2.77. The fourth-order valence-electron chi connectivity index (χ4n) is 3.01. The number of phenols is 1. The molecular formula is C19H15BrN2O3S. The van der Waals surface area contributed by atoms with Gasteiger partial charge in [0.25, 0.3) is 0 Å². The number of rotatable bonds is 4. The summed E-state index contributed by atoms with van der Waals surface area (Å²) in [5, 5.41) is 10.8. The molecule has 0 saturated heterocycles. The molecule has 1 heterocycles. The van der Waals surface area contributed by atoms with Crippen LogP contribution in [0.4, 0.5) is 5.13 Å². The predicted molar refractivity (Wildman–Crippen MR) is 107 cm³/mol. The highest BCUT2D eigenvalue weighted by Crippen LogP contribution is 2.48. The van der Waals surface area contributed by atoms with E-state index in [1.165, 1.54) is 12.7 Å². The summed E-state index contributed by atoms with van der Waals surface area (Å²) in [6.07, 6.45) is 2.41. The van der Waals surface area contributed by atoms with Gasteiger partial charge in [-0.1, -0.05) is 33.3 Å². The van der Waals surface area contributed by atoms with Gasteiger partial charge >= 0.3 is 0 Å². The number of fused-ring (bicyclic) bond motifs is 3. The van der Waals surface area contributed by atoms with E-state index in [9.17, 15) is 5.11 Å². The first-order valence-corrected chi connectivity index (χ1v) is 9.48. The maximum Gasteiger partial charge on any atom is 0.209 e. The Kier molecular flexibility index (Phi) is 4.42. The number of nitrogens with zero attached hydrogens (tertiary/aromatic N) is 2. The Hall–Kier alpha value is -2.38. The molecule has 0 aliphatic heterocycles. The molecular weight excluding hydrogens is 416 g/mol. The smallest absolute Gasteiger partial charge is 0.209 e. The molecule has 26 heavy (non-hydrogen) atoms. The first-order chi connectivity index (χ1) is 12.6. The number of methoxy groups -OCH3 is 2. The number of hydrogen-bond donors (Lipinski definition) is 1. The largest absolute Gasteiger partial charge is 0.504 e. The first-order valence-electron chi connectivity index (χ1n) is 7.88. The zero-order valence-corrected chi connectivity index (χ0v) is 16.5. The number of aromatic hydroxyl groups is 1. The van der Waals surface area contributed by atoms with Crippen LogP contribution in [0.3, 0.4) is 0 Å². The highest BCUT2D eigenvalue weighted by atomic mass is 79.9. The summed E-state index contributed by atoms with van der Waals surface area (Å²) in [7, 11) is 3.18. The van der Waals surface area contributed by atoms with Gasteiger partial charge in [-0.25, -0.2) is 9.98 Å². The van der Waals surface area contributed by atoms with Gasteiger partial charge in [0.05, 0.1) is 19.9 Å². The number of para-hydroxylation sites is 1. The lowest BCUT2D eigenvalue weighted by molar-refractivity contribution is 0.373. The summed E-state index contributed by atoms with van der Waals surface area (Å²) in [6, 6.07) is 9.22. The van der Waals surface area contributed by atoms with Crippen molar-refractivity contribution >= 4 is 38.6 Å². The number of phenolic OH excluding ortho intramolecular Hbond substituents is 1. The maximum atomic E-state index is 10.2. The van der Waals surface area contributed by atoms with Crippen LogP contribution in [-0.4, -0.2) is 30.5 Å². The molecule has 0 unspecified atom stereocenters. The van der Waals surface area contributed by atoms with Crippen molar-refractivity contribution < 1.29 is 14.6 Å².